The van der Waals surface area contributed by atoms with Crippen molar-refractivity contribution in [3.8, 4) is 0 Å². The summed E-state index contributed by atoms with van der Waals surface area (Å²) in [5.41, 5.74) is 0.662. The molecule has 0 heterocycles. The second kappa shape index (κ2) is 2.82. The fraction of sp³-hybridized carbons (Fsp3) is 0.250. The molecule has 10 heavy (non-hydrogen) atoms. The van der Waals surface area contributed by atoms with Crippen LogP contribution in [0.4, 0.5) is 0 Å². The Morgan fingerprint density at radius 2 is 2.20 bits per heavy atom. The number of hydrogen-bond acceptors (Lipinski definition) is 2. The first kappa shape index (κ1) is 7.25. The monoisotopic (exact) mass is 138 g/mol. The predicted octanol–water partition coefficient (Wildman–Crippen LogP) is 0.390. The van der Waals surface area contributed by atoms with E-state index in [-0.39, 0.29) is 0 Å². The van der Waals surface area contributed by atoms with E-state index < -0.39 is 12.2 Å². The molecule has 0 saturated heterocycles. The highest BCUT2D eigenvalue weighted by molar-refractivity contribution is 5.32. The van der Waals surface area contributed by atoms with E-state index in [1.807, 2.05) is 0 Å². The molecule has 0 radical (unpaired) electrons. The van der Waals surface area contributed by atoms with Crippen molar-refractivity contribution < 1.29 is 10.2 Å². The molecular formula is C8H10O2. The topological polar surface area (TPSA) is 40.5 Å². The van der Waals surface area contributed by atoms with E-state index in [1.165, 1.54) is 12.2 Å². The van der Waals surface area contributed by atoms with E-state index in [1.54, 1.807) is 12.2 Å². The number of hydrogen-bond donors (Lipinski definition) is 2. The summed E-state index contributed by atoms with van der Waals surface area (Å²) in [6.45, 7) is 3.50. The van der Waals surface area contributed by atoms with Gasteiger partial charge in [-0.25, -0.2) is 0 Å². The normalized spacial score (nSPS) is 31.6. The Morgan fingerprint density at radius 1 is 1.50 bits per heavy atom. The zero-order valence-corrected chi connectivity index (χ0v) is 5.57. The van der Waals surface area contributed by atoms with Crippen molar-refractivity contribution in [1.29, 1.82) is 0 Å². The van der Waals surface area contributed by atoms with Crippen LogP contribution in [0.15, 0.2) is 36.5 Å². The smallest absolute Gasteiger partial charge is 0.108 e. The predicted molar refractivity (Wildman–Crippen MR) is 39.4 cm³/mol. The number of allylic oxidation sites excluding steroid dienone is 2. The molecule has 0 aromatic heterocycles. The lowest BCUT2D eigenvalue weighted by molar-refractivity contribution is 0.0738. The van der Waals surface area contributed by atoms with Crippen LogP contribution >= 0.6 is 0 Å². The number of rotatable bonds is 1. The van der Waals surface area contributed by atoms with Gasteiger partial charge in [-0.1, -0.05) is 30.9 Å². The van der Waals surface area contributed by atoms with Gasteiger partial charge in [0.2, 0.25) is 0 Å². The van der Waals surface area contributed by atoms with Crippen LogP contribution in [-0.2, 0) is 0 Å². The van der Waals surface area contributed by atoms with Gasteiger partial charge < -0.3 is 10.2 Å². The van der Waals surface area contributed by atoms with Gasteiger partial charge in [-0.2, -0.15) is 0 Å². The zero-order valence-electron chi connectivity index (χ0n) is 5.57. The molecule has 0 bridgehead atoms. The van der Waals surface area contributed by atoms with Gasteiger partial charge in [0.05, 0.1) is 0 Å². The number of aliphatic hydroxyl groups is 2. The van der Waals surface area contributed by atoms with E-state index >= 15 is 0 Å². The van der Waals surface area contributed by atoms with Crippen molar-refractivity contribution in [3.05, 3.63) is 36.5 Å². The summed E-state index contributed by atoms with van der Waals surface area (Å²) >= 11 is 0. The maximum absolute atomic E-state index is 9.20. The molecule has 0 aromatic carbocycles. The quantitative estimate of drug-likeness (QED) is 0.550. The van der Waals surface area contributed by atoms with E-state index in [4.69, 9.17) is 5.11 Å². The Hall–Kier alpha value is -0.860. The molecule has 2 heteroatoms. The van der Waals surface area contributed by atoms with Crippen LogP contribution in [0.5, 0.6) is 0 Å². The maximum Gasteiger partial charge on any atom is 0.108 e. The van der Waals surface area contributed by atoms with Crippen LogP contribution in [0.3, 0.4) is 0 Å². The van der Waals surface area contributed by atoms with Gasteiger partial charge in [-0.3, -0.25) is 0 Å². The Labute approximate surface area is 59.8 Å². The minimum absolute atomic E-state index is 0.662. The Balaban J connectivity index is 2.81. The van der Waals surface area contributed by atoms with Crippen molar-refractivity contribution in [2.75, 3.05) is 0 Å². The van der Waals surface area contributed by atoms with Crippen molar-refractivity contribution in [1.82, 2.24) is 0 Å². The molecule has 1 aliphatic rings. The average molecular weight is 138 g/mol. The second-order valence-corrected chi connectivity index (χ2v) is 2.19. The summed E-state index contributed by atoms with van der Waals surface area (Å²) in [5, 5.41) is 18.3. The lowest BCUT2D eigenvalue weighted by Gasteiger charge is -2.18. The van der Waals surface area contributed by atoms with Gasteiger partial charge in [0.25, 0.3) is 0 Å². The molecule has 0 saturated carbocycles. The molecule has 2 nitrogen and oxygen atoms in total. The van der Waals surface area contributed by atoms with Gasteiger partial charge in [0.1, 0.15) is 12.2 Å². The SMILES string of the molecule is C=CC1=CC=CC(O)C1O. The van der Waals surface area contributed by atoms with Crippen molar-refractivity contribution in [2.24, 2.45) is 0 Å². The Morgan fingerprint density at radius 3 is 2.70 bits per heavy atom. The Bertz CT molecular complexity index is 191. The molecule has 1 aliphatic carbocycles. The summed E-state index contributed by atoms with van der Waals surface area (Å²) in [4.78, 5) is 0. The van der Waals surface area contributed by atoms with E-state index in [2.05, 4.69) is 6.58 Å². The largest absolute Gasteiger partial charge is 0.386 e. The molecule has 2 N–H and O–H groups in total. The van der Waals surface area contributed by atoms with E-state index in [9.17, 15) is 5.11 Å². The third-order valence-corrected chi connectivity index (χ3v) is 1.50. The number of aliphatic hydroxyl groups excluding tert-OH is 2. The van der Waals surface area contributed by atoms with Crippen LogP contribution in [-0.4, -0.2) is 22.4 Å². The molecule has 2 unspecified atom stereocenters. The lowest BCUT2D eigenvalue weighted by atomic mass is 10.00. The van der Waals surface area contributed by atoms with Gasteiger partial charge in [-0.05, 0) is 5.57 Å². The van der Waals surface area contributed by atoms with E-state index in [0.29, 0.717) is 5.57 Å². The third kappa shape index (κ3) is 1.17. The molecule has 0 amide bonds. The van der Waals surface area contributed by atoms with Crippen LogP contribution in [0.25, 0.3) is 0 Å². The first-order valence-corrected chi connectivity index (χ1v) is 3.12. The lowest BCUT2D eigenvalue weighted by Crippen LogP contribution is -2.26. The van der Waals surface area contributed by atoms with Crippen LogP contribution in [0, 0.1) is 0 Å². The molecule has 0 aliphatic heterocycles. The first-order valence-electron chi connectivity index (χ1n) is 3.12. The van der Waals surface area contributed by atoms with Gasteiger partial charge >= 0.3 is 0 Å². The summed E-state index contributed by atoms with van der Waals surface area (Å²) in [5.74, 6) is 0. The highest BCUT2D eigenvalue weighted by Crippen LogP contribution is 2.13. The molecule has 0 spiro atoms. The summed E-state index contributed by atoms with van der Waals surface area (Å²) < 4.78 is 0. The minimum atomic E-state index is -0.803. The highest BCUT2D eigenvalue weighted by Gasteiger charge is 2.17. The second-order valence-electron chi connectivity index (χ2n) is 2.19. The van der Waals surface area contributed by atoms with Crippen LogP contribution in [0.1, 0.15) is 0 Å². The van der Waals surface area contributed by atoms with Gasteiger partial charge in [0, 0.05) is 0 Å². The standard InChI is InChI=1S/C8H10O2/c1-2-6-4-3-5-7(9)8(6)10/h2-5,7-10H,1H2. The van der Waals surface area contributed by atoms with Gasteiger partial charge in [0.15, 0.2) is 0 Å². The van der Waals surface area contributed by atoms with Crippen molar-refractivity contribution in [3.63, 3.8) is 0 Å². The van der Waals surface area contributed by atoms with Crippen molar-refractivity contribution >= 4 is 0 Å². The average Bonchev–Trinajstić information content (AvgIpc) is 1.95. The third-order valence-electron chi connectivity index (χ3n) is 1.50. The summed E-state index contributed by atoms with van der Waals surface area (Å²) in [7, 11) is 0. The fourth-order valence-electron chi connectivity index (χ4n) is 0.870. The fourth-order valence-corrected chi connectivity index (χ4v) is 0.870. The minimum Gasteiger partial charge on any atom is -0.386 e. The van der Waals surface area contributed by atoms with Crippen LogP contribution in [0.2, 0.25) is 0 Å². The van der Waals surface area contributed by atoms with Crippen LogP contribution < -0.4 is 0 Å². The first-order chi connectivity index (χ1) is 4.75. The summed E-state index contributed by atoms with van der Waals surface area (Å²) in [6, 6.07) is 0. The summed E-state index contributed by atoms with van der Waals surface area (Å²) in [6.07, 6.45) is 4.92. The Kier molecular flexibility index (Phi) is 2.04. The van der Waals surface area contributed by atoms with Gasteiger partial charge in [-0.15, -0.1) is 0 Å². The molecule has 54 valence electrons. The maximum atomic E-state index is 9.20. The molecule has 1 rings (SSSR count). The molecular weight excluding hydrogens is 128 g/mol. The zero-order chi connectivity index (χ0) is 7.56. The van der Waals surface area contributed by atoms with E-state index in [0.717, 1.165) is 0 Å². The van der Waals surface area contributed by atoms with Crippen molar-refractivity contribution in [2.45, 2.75) is 12.2 Å². The molecule has 0 fully saturated rings. The molecule has 0 aromatic rings. The molecule has 2 atom stereocenters. The highest BCUT2D eigenvalue weighted by atomic mass is 16.3.